The van der Waals surface area contributed by atoms with E-state index in [4.69, 9.17) is 4.74 Å². The first-order valence-electron chi connectivity index (χ1n) is 12.8. The van der Waals surface area contributed by atoms with Crippen molar-refractivity contribution >= 4 is 11.1 Å². The largest absolute Gasteiger partial charge is 0.508 e. The molecule has 1 fully saturated rings. The Bertz CT molecular complexity index is 1290. The highest BCUT2D eigenvalue weighted by Gasteiger charge is 2.34. The SMILES string of the molecule is C.Oc1ccc2c(c1)CCCC(c1cnc(C(F)(F)F)nc1)=C2c1ccc(O[C@H]2CCN(CCCF)C2)cc1. The molecule has 2 aromatic carbocycles. The Balaban J connectivity index is 0.00000353. The molecule has 9 heteroatoms. The van der Waals surface area contributed by atoms with E-state index < -0.39 is 12.0 Å². The van der Waals surface area contributed by atoms with Gasteiger partial charge in [-0.1, -0.05) is 25.6 Å². The van der Waals surface area contributed by atoms with E-state index in [9.17, 15) is 22.7 Å². The van der Waals surface area contributed by atoms with Crippen LogP contribution in [0.1, 0.15) is 61.2 Å². The lowest BCUT2D eigenvalue weighted by Crippen LogP contribution is -2.26. The first-order valence-corrected chi connectivity index (χ1v) is 12.8. The third-order valence-corrected chi connectivity index (χ3v) is 7.07. The smallest absolute Gasteiger partial charge is 0.451 e. The van der Waals surface area contributed by atoms with E-state index in [1.165, 1.54) is 12.4 Å². The molecule has 1 aliphatic heterocycles. The maximum absolute atomic E-state index is 13.1. The number of hydrogen-bond donors (Lipinski definition) is 1. The van der Waals surface area contributed by atoms with Crippen LogP contribution >= 0.6 is 0 Å². The van der Waals surface area contributed by atoms with Gasteiger partial charge in [0, 0.05) is 37.6 Å². The number of rotatable bonds is 7. The Morgan fingerprint density at radius 3 is 2.44 bits per heavy atom. The summed E-state index contributed by atoms with van der Waals surface area (Å²) in [7, 11) is 0. The van der Waals surface area contributed by atoms with E-state index >= 15 is 0 Å². The summed E-state index contributed by atoms with van der Waals surface area (Å²) < 4.78 is 57.9. The molecule has 2 heterocycles. The number of aromatic nitrogens is 2. The van der Waals surface area contributed by atoms with Gasteiger partial charge in [0.2, 0.25) is 5.82 Å². The molecule has 208 valence electrons. The molecule has 1 aliphatic carbocycles. The van der Waals surface area contributed by atoms with Crippen molar-refractivity contribution < 1.29 is 27.4 Å². The summed E-state index contributed by atoms with van der Waals surface area (Å²) in [5.74, 6) is -0.269. The van der Waals surface area contributed by atoms with E-state index in [1.54, 1.807) is 12.1 Å². The highest BCUT2D eigenvalue weighted by Crippen LogP contribution is 2.41. The molecule has 0 radical (unpaired) electrons. The summed E-state index contributed by atoms with van der Waals surface area (Å²) in [4.78, 5) is 9.40. The average Bonchev–Trinajstić information content (AvgIpc) is 3.26. The molecule has 0 saturated carbocycles. The Hall–Kier alpha value is -3.46. The van der Waals surface area contributed by atoms with Gasteiger partial charge in [-0.05, 0) is 84.2 Å². The number of aryl methyl sites for hydroxylation is 1. The fourth-order valence-corrected chi connectivity index (χ4v) is 5.30. The summed E-state index contributed by atoms with van der Waals surface area (Å²) in [5.41, 5.74) is 5.05. The van der Waals surface area contributed by atoms with Crippen LogP contribution in [-0.4, -0.2) is 52.4 Å². The van der Waals surface area contributed by atoms with Gasteiger partial charge in [0.1, 0.15) is 17.6 Å². The molecule has 1 aromatic heterocycles. The molecule has 0 bridgehead atoms. The number of benzene rings is 2. The van der Waals surface area contributed by atoms with E-state index in [1.807, 2.05) is 30.3 Å². The summed E-state index contributed by atoms with van der Waals surface area (Å²) in [6.07, 6.45) is 1.43. The van der Waals surface area contributed by atoms with Gasteiger partial charge in [0.25, 0.3) is 0 Å². The topological polar surface area (TPSA) is 58.5 Å². The fourth-order valence-electron chi connectivity index (χ4n) is 5.30. The lowest BCUT2D eigenvalue weighted by Gasteiger charge is -2.18. The first kappa shape index (κ1) is 28.5. The molecule has 0 unspecified atom stereocenters. The standard InChI is InChI=1S/C29H29F4N3O2.CH4/c30-12-2-13-36-14-11-24(18-36)38-23-8-5-19(6-9-23)27-25(21-16-34-28(35-17-21)29(31,32)33)4-1-3-20-15-22(37)7-10-26(20)27;/h5-10,15-17,24,37H,1-4,11-14,18H2;1H4/t24-;/m0./s1. The molecule has 1 N–H and O–H groups in total. The molecule has 39 heavy (non-hydrogen) atoms. The van der Waals surface area contributed by atoms with Gasteiger partial charge in [-0.3, -0.25) is 9.29 Å². The predicted molar refractivity (Wildman–Crippen MR) is 143 cm³/mol. The van der Waals surface area contributed by atoms with E-state index in [-0.39, 0.29) is 26.0 Å². The van der Waals surface area contributed by atoms with E-state index in [0.29, 0.717) is 18.4 Å². The zero-order chi connectivity index (χ0) is 26.7. The number of allylic oxidation sites excluding steroid dienone is 1. The minimum atomic E-state index is -4.61. The number of phenols is 1. The van der Waals surface area contributed by atoms with Crippen molar-refractivity contribution in [3.05, 3.63) is 82.9 Å². The molecule has 1 atom stereocenters. The first-order chi connectivity index (χ1) is 18.3. The number of alkyl halides is 4. The van der Waals surface area contributed by atoms with Crippen LogP contribution in [0, 0.1) is 0 Å². The number of hydrogen-bond acceptors (Lipinski definition) is 5. The van der Waals surface area contributed by atoms with Crippen LogP contribution in [0.4, 0.5) is 17.6 Å². The van der Waals surface area contributed by atoms with Crippen molar-refractivity contribution in [3.63, 3.8) is 0 Å². The number of halogens is 4. The zero-order valence-electron chi connectivity index (χ0n) is 20.8. The molecular formula is C30H33F4N3O2. The third-order valence-electron chi connectivity index (χ3n) is 7.07. The Kier molecular flexibility index (Phi) is 8.90. The second-order valence-corrected chi connectivity index (χ2v) is 9.74. The maximum atomic E-state index is 13.1. The zero-order valence-corrected chi connectivity index (χ0v) is 20.8. The van der Waals surface area contributed by atoms with E-state index in [2.05, 4.69) is 14.9 Å². The molecule has 0 spiro atoms. The van der Waals surface area contributed by atoms with Gasteiger partial charge in [-0.2, -0.15) is 13.2 Å². The number of ether oxygens (including phenoxy) is 1. The average molecular weight is 544 g/mol. The quantitative estimate of drug-likeness (QED) is 0.327. The minimum absolute atomic E-state index is 0. The van der Waals surface area contributed by atoms with Crippen LogP contribution < -0.4 is 4.74 Å². The molecule has 5 nitrogen and oxygen atoms in total. The molecule has 5 rings (SSSR count). The van der Waals surface area contributed by atoms with Crippen molar-refractivity contribution in [1.29, 1.82) is 0 Å². The monoisotopic (exact) mass is 543 g/mol. The second kappa shape index (κ2) is 12.2. The Morgan fingerprint density at radius 1 is 1.00 bits per heavy atom. The fraction of sp³-hybridized carbons (Fsp3) is 0.400. The van der Waals surface area contributed by atoms with Crippen molar-refractivity contribution in [3.8, 4) is 11.5 Å². The number of likely N-dealkylation sites (tertiary alicyclic amines) is 1. The number of phenolic OH excluding ortho intramolecular Hbond substituents is 1. The van der Waals surface area contributed by atoms with Gasteiger partial charge < -0.3 is 9.84 Å². The van der Waals surface area contributed by atoms with Crippen molar-refractivity contribution in [2.24, 2.45) is 0 Å². The van der Waals surface area contributed by atoms with Crippen LogP contribution in [-0.2, 0) is 12.6 Å². The van der Waals surface area contributed by atoms with Gasteiger partial charge >= 0.3 is 6.18 Å². The summed E-state index contributed by atoms with van der Waals surface area (Å²) in [5, 5.41) is 10.1. The molecule has 2 aliphatic rings. The Morgan fingerprint density at radius 2 is 1.74 bits per heavy atom. The lowest BCUT2D eigenvalue weighted by atomic mass is 9.88. The minimum Gasteiger partial charge on any atom is -0.508 e. The lowest BCUT2D eigenvalue weighted by molar-refractivity contribution is -0.145. The van der Waals surface area contributed by atoms with Crippen molar-refractivity contribution in [2.45, 2.75) is 51.8 Å². The van der Waals surface area contributed by atoms with Crippen LogP contribution in [0.5, 0.6) is 11.5 Å². The Labute approximate surface area is 226 Å². The number of nitrogens with zero attached hydrogens (tertiary/aromatic N) is 3. The highest BCUT2D eigenvalue weighted by molar-refractivity contribution is 5.99. The third kappa shape index (κ3) is 6.58. The molecular weight excluding hydrogens is 510 g/mol. The van der Waals surface area contributed by atoms with Gasteiger partial charge in [-0.15, -0.1) is 0 Å². The summed E-state index contributed by atoms with van der Waals surface area (Å²) >= 11 is 0. The van der Waals surface area contributed by atoms with Gasteiger partial charge in [0.05, 0.1) is 6.67 Å². The van der Waals surface area contributed by atoms with Crippen molar-refractivity contribution in [1.82, 2.24) is 14.9 Å². The number of fused-ring (bicyclic) bond motifs is 1. The van der Waals surface area contributed by atoms with Crippen LogP contribution in [0.3, 0.4) is 0 Å². The van der Waals surface area contributed by atoms with Crippen LogP contribution in [0.25, 0.3) is 11.1 Å². The normalized spacial score (nSPS) is 17.9. The van der Waals surface area contributed by atoms with Gasteiger partial charge in [-0.25, -0.2) is 9.97 Å². The highest BCUT2D eigenvalue weighted by atomic mass is 19.4. The second-order valence-electron chi connectivity index (χ2n) is 9.74. The predicted octanol–water partition coefficient (Wildman–Crippen LogP) is 6.95. The molecule has 0 amide bonds. The molecule has 1 saturated heterocycles. The summed E-state index contributed by atoms with van der Waals surface area (Å²) in [6.45, 7) is 2.07. The summed E-state index contributed by atoms with van der Waals surface area (Å²) in [6, 6.07) is 12.9. The van der Waals surface area contributed by atoms with E-state index in [0.717, 1.165) is 72.5 Å². The van der Waals surface area contributed by atoms with Crippen molar-refractivity contribution in [2.75, 3.05) is 26.3 Å². The van der Waals surface area contributed by atoms with Crippen LogP contribution in [0.2, 0.25) is 0 Å². The molecule has 3 aromatic rings. The van der Waals surface area contributed by atoms with Crippen LogP contribution in [0.15, 0.2) is 54.9 Å². The number of aromatic hydroxyl groups is 1. The van der Waals surface area contributed by atoms with Gasteiger partial charge in [0.15, 0.2) is 0 Å². The maximum Gasteiger partial charge on any atom is 0.451 e.